The van der Waals surface area contributed by atoms with Gasteiger partial charge in [-0.1, -0.05) is 5.16 Å². The van der Waals surface area contributed by atoms with Crippen molar-refractivity contribution < 1.29 is 22.5 Å². The van der Waals surface area contributed by atoms with Crippen LogP contribution in [-0.4, -0.2) is 79.9 Å². The third-order valence-electron chi connectivity index (χ3n) is 6.28. The van der Waals surface area contributed by atoms with Crippen molar-refractivity contribution in [2.75, 3.05) is 44.9 Å². The summed E-state index contributed by atoms with van der Waals surface area (Å²) in [6.07, 6.45) is 4.42. The Bertz CT molecular complexity index is 808. The highest BCUT2D eigenvalue weighted by Gasteiger charge is 2.39. The molecular formula is C19H32N4O5S. The summed E-state index contributed by atoms with van der Waals surface area (Å²) in [5, 5.41) is 6.97. The number of hydrogen-bond donors (Lipinski definition) is 1. The summed E-state index contributed by atoms with van der Waals surface area (Å²) in [6.45, 7) is 6.11. The number of hydrogen-bond acceptors (Lipinski definition) is 7. The maximum Gasteiger partial charge on any atom is 0.246 e. The van der Waals surface area contributed by atoms with Crippen molar-refractivity contribution in [2.24, 2.45) is 0 Å². The Morgan fingerprint density at radius 2 is 1.86 bits per heavy atom. The molecule has 2 aliphatic rings. The number of nitrogens with one attached hydrogen (secondary N) is 1. The van der Waals surface area contributed by atoms with Gasteiger partial charge in [-0.2, -0.15) is 0 Å². The van der Waals surface area contributed by atoms with Crippen LogP contribution in [0.2, 0.25) is 0 Å². The average molecular weight is 429 g/mol. The van der Waals surface area contributed by atoms with Gasteiger partial charge in [-0.15, -0.1) is 0 Å². The van der Waals surface area contributed by atoms with E-state index in [9.17, 15) is 13.2 Å². The number of nitrogens with zero attached hydrogens (tertiary/aromatic N) is 3. The zero-order valence-corrected chi connectivity index (χ0v) is 18.5. The highest BCUT2D eigenvalue weighted by molar-refractivity contribution is 7.88. The van der Waals surface area contributed by atoms with Crippen molar-refractivity contribution in [3.05, 3.63) is 11.8 Å². The van der Waals surface area contributed by atoms with Gasteiger partial charge in [0.25, 0.3) is 0 Å². The highest BCUT2D eigenvalue weighted by atomic mass is 32.2. The fourth-order valence-corrected chi connectivity index (χ4v) is 4.85. The predicted octanol–water partition coefficient (Wildman–Crippen LogP) is 1.64. The Morgan fingerprint density at radius 1 is 1.24 bits per heavy atom. The van der Waals surface area contributed by atoms with Crippen LogP contribution in [0.3, 0.4) is 0 Å². The molecule has 1 amide bonds. The molecule has 0 saturated carbocycles. The van der Waals surface area contributed by atoms with Crippen LogP contribution >= 0.6 is 0 Å². The molecule has 0 bridgehead atoms. The van der Waals surface area contributed by atoms with E-state index in [1.54, 1.807) is 6.07 Å². The van der Waals surface area contributed by atoms with Gasteiger partial charge in [0.1, 0.15) is 0 Å². The van der Waals surface area contributed by atoms with Gasteiger partial charge in [0.15, 0.2) is 0 Å². The molecule has 2 fully saturated rings. The third kappa shape index (κ3) is 5.17. The fraction of sp³-hybridized carbons (Fsp3) is 0.789. The number of ether oxygens (including phenoxy) is 1. The number of aromatic nitrogens is 1. The van der Waals surface area contributed by atoms with E-state index < -0.39 is 15.6 Å². The van der Waals surface area contributed by atoms with Crippen LogP contribution in [0.1, 0.15) is 51.1 Å². The van der Waals surface area contributed by atoms with Gasteiger partial charge >= 0.3 is 0 Å². The number of amides is 1. The number of sulfonamides is 1. The maximum absolute atomic E-state index is 13.0. The summed E-state index contributed by atoms with van der Waals surface area (Å²) in [5.74, 6) is 0.471. The molecule has 9 nitrogen and oxygen atoms in total. The second-order valence-electron chi connectivity index (χ2n) is 8.52. The minimum absolute atomic E-state index is 0.126. The molecule has 29 heavy (non-hydrogen) atoms. The zero-order valence-electron chi connectivity index (χ0n) is 17.7. The Balaban J connectivity index is 1.59. The van der Waals surface area contributed by atoms with Crippen molar-refractivity contribution >= 4 is 21.8 Å². The van der Waals surface area contributed by atoms with E-state index in [1.165, 1.54) is 10.6 Å². The van der Waals surface area contributed by atoms with Crippen molar-refractivity contribution in [1.82, 2.24) is 14.4 Å². The summed E-state index contributed by atoms with van der Waals surface area (Å²) < 4.78 is 35.6. The van der Waals surface area contributed by atoms with Gasteiger partial charge in [0, 0.05) is 44.3 Å². The predicted molar refractivity (Wildman–Crippen MR) is 109 cm³/mol. The molecule has 0 radical (unpaired) electrons. The molecule has 2 aliphatic heterocycles. The summed E-state index contributed by atoms with van der Waals surface area (Å²) in [6, 6.07) is 1.93. The number of anilines is 1. The molecule has 1 aromatic heterocycles. The van der Waals surface area contributed by atoms with Gasteiger partial charge < -0.3 is 9.26 Å². The quantitative estimate of drug-likeness (QED) is 0.734. The molecule has 0 unspecified atom stereocenters. The van der Waals surface area contributed by atoms with Crippen LogP contribution in [-0.2, 0) is 19.6 Å². The monoisotopic (exact) mass is 428 g/mol. The molecule has 3 heterocycles. The lowest BCUT2D eigenvalue weighted by atomic mass is 9.95. The van der Waals surface area contributed by atoms with E-state index in [0.29, 0.717) is 37.7 Å². The first-order valence-electron chi connectivity index (χ1n) is 10.1. The molecule has 0 atom stereocenters. The Labute approximate surface area is 172 Å². The fourth-order valence-electron chi connectivity index (χ4n) is 3.98. The molecule has 0 aromatic carbocycles. The topological polar surface area (TPSA) is 105 Å². The molecule has 2 saturated heterocycles. The number of rotatable bonds is 6. The van der Waals surface area contributed by atoms with Gasteiger partial charge in [0.05, 0.1) is 17.5 Å². The maximum atomic E-state index is 13.0. The van der Waals surface area contributed by atoms with Gasteiger partial charge in [-0.05, 0) is 46.6 Å². The largest absolute Gasteiger partial charge is 0.381 e. The summed E-state index contributed by atoms with van der Waals surface area (Å²) in [7, 11) is -1.26. The Hall–Kier alpha value is -1.49. The molecule has 10 heteroatoms. The zero-order chi connectivity index (χ0) is 21.2. The SMILES string of the molecule is CN(C1CCN(S(C)(=O)=O)CC1)C(C)(C)C(=O)Nc1cc(C2CCOCC2)no1. The molecule has 0 spiro atoms. The lowest BCUT2D eigenvalue weighted by Crippen LogP contribution is -2.57. The standard InChI is InChI=1S/C19H32N4O5S/c1-19(2,22(3)15-5-9-23(10-6-15)29(4,25)26)18(24)20-17-13-16(21-28-17)14-7-11-27-12-8-14/h13-15H,5-12H2,1-4H3,(H,20,24). The smallest absolute Gasteiger partial charge is 0.246 e. The minimum atomic E-state index is -3.17. The number of carbonyl (C=O) groups is 1. The first kappa shape index (κ1) is 22.2. The van der Waals surface area contributed by atoms with Crippen LogP contribution in [0.5, 0.6) is 0 Å². The Morgan fingerprint density at radius 3 is 2.45 bits per heavy atom. The number of carbonyl (C=O) groups excluding carboxylic acids is 1. The molecule has 1 aromatic rings. The van der Waals surface area contributed by atoms with Crippen molar-refractivity contribution in [1.29, 1.82) is 0 Å². The summed E-state index contributed by atoms with van der Waals surface area (Å²) in [5.41, 5.74) is 0.0618. The second-order valence-corrected chi connectivity index (χ2v) is 10.5. The average Bonchev–Trinajstić information content (AvgIpc) is 3.16. The van der Waals surface area contributed by atoms with E-state index >= 15 is 0 Å². The van der Waals surface area contributed by atoms with Crippen LogP contribution in [0, 0.1) is 0 Å². The van der Waals surface area contributed by atoms with Crippen LogP contribution in [0.4, 0.5) is 5.88 Å². The molecule has 1 N–H and O–H groups in total. The minimum Gasteiger partial charge on any atom is -0.381 e. The first-order valence-corrected chi connectivity index (χ1v) is 12.0. The van der Waals surface area contributed by atoms with Crippen molar-refractivity contribution in [3.63, 3.8) is 0 Å². The summed E-state index contributed by atoms with van der Waals surface area (Å²) >= 11 is 0. The van der Waals surface area contributed by atoms with E-state index in [4.69, 9.17) is 9.26 Å². The number of piperidine rings is 1. The Kier molecular flexibility index (Phi) is 6.67. The van der Waals surface area contributed by atoms with E-state index in [-0.39, 0.29) is 11.9 Å². The molecule has 164 valence electrons. The van der Waals surface area contributed by atoms with E-state index in [2.05, 4.69) is 10.5 Å². The van der Waals surface area contributed by atoms with Gasteiger partial charge in [-0.3, -0.25) is 15.0 Å². The third-order valence-corrected chi connectivity index (χ3v) is 7.59. The molecular weight excluding hydrogens is 396 g/mol. The van der Waals surface area contributed by atoms with E-state index in [1.807, 2.05) is 25.8 Å². The number of likely N-dealkylation sites (N-methyl/N-ethyl adjacent to an activating group) is 1. The summed E-state index contributed by atoms with van der Waals surface area (Å²) in [4.78, 5) is 15.0. The lowest BCUT2D eigenvalue weighted by molar-refractivity contribution is -0.127. The highest BCUT2D eigenvalue weighted by Crippen LogP contribution is 2.29. The van der Waals surface area contributed by atoms with Gasteiger partial charge in [-0.25, -0.2) is 12.7 Å². The lowest BCUT2D eigenvalue weighted by Gasteiger charge is -2.43. The molecule has 0 aliphatic carbocycles. The normalized spacial score (nSPS) is 20.9. The van der Waals surface area contributed by atoms with Crippen LogP contribution in [0.25, 0.3) is 0 Å². The van der Waals surface area contributed by atoms with Crippen molar-refractivity contribution in [2.45, 2.75) is 57.0 Å². The van der Waals surface area contributed by atoms with Crippen LogP contribution < -0.4 is 5.32 Å². The van der Waals surface area contributed by atoms with Crippen LogP contribution in [0.15, 0.2) is 10.6 Å². The second kappa shape index (κ2) is 8.71. The van der Waals surface area contributed by atoms with E-state index in [0.717, 1.165) is 31.7 Å². The van der Waals surface area contributed by atoms with Crippen molar-refractivity contribution in [3.8, 4) is 0 Å². The molecule has 3 rings (SSSR count). The first-order chi connectivity index (χ1) is 13.6. The van der Waals surface area contributed by atoms with Gasteiger partial charge in [0.2, 0.25) is 21.8 Å².